The van der Waals surface area contributed by atoms with E-state index in [-0.39, 0.29) is 23.9 Å². The highest BCUT2D eigenvalue weighted by atomic mass is 16.5. The second-order valence-electron chi connectivity index (χ2n) is 4.82. The lowest BCUT2D eigenvalue weighted by Gasteiger charge is -2.18. The van der Waals surface area contributed by atoms with Crippen molar-refractivity contribution < 1.29 is 14.3 Å². The molecule has 0 aromatic carbocycles. The third-order valence-corrected chi connectivity index (χ3v) is 2.22. The molecule has 0 aliphatic rings. The molecule has 1 amide bonds. The van der Waals surface area contributed by atoms with E-state index in [1.807, 2.05) is 0 Å². The number of ether oxygens (including phenoxy) is 1. The zero-order valence-corrected chi connectivity index (χ0v) is 11.1. The van der Waals surface area contributed by atoms with Crippen LogP contribution in [0.1, 0.15) is 38.1 Å². The Labute approximate surface area is 107 Å². The molecule has 1 aromatic heterocycles. The molecule has 0 aliphatic heterocycles. The van der Waals surface area contributed by atoms with Crippen molar-refractivity contribution in [1.29, 1.82) is 0 Å². The second kappa shape index (κ2) is 5.62. The van der Waals surface area contributed by atoms with E-state index >= 15 is 0 Å². The van der Waals surface area contributed by atoms with E-state index in [9.17, 15) is 9.59 Å². The van der Waals surface area contributed by atoms with Gasteiger partial charge in [0.1, 0.15) is 11.4 Å². The maximum Gasteiger partial charge on any atom is 0.341 e. The summed E-state index contributed by atoms with van der Waals surface area (Å²) >= 11 is 0. The van der Waals surface area contributed by atoms with Gasteiger partial charge in [-0.15, -0.1) is 0 Å². The third-order valence-electron chi connectivity index (χ3n) is 2.22. The zero-order chi connectivity index (χ0) is 13.8. The van der Waals surface area contributed by atoms with Crippen molar-refractivity contribution >= 4 is 17.7 Å². The Hall–Kier alpha value is -1.91. The fourth-order valence-electron chi connectivity index (χ4n) is 1.17. The second-order valence-corrected chi connectivity index (χ2v) is 4.82. The van der Waals surface area contributed by atoms with Crippen LogP contribution in [0.15, 0.2) is 18.3 Å². The maximum absolute atomic E-state index is 11.9. The fraction of sp³-hybridized carbons (Fsp3) is 0.462. The number of anilines is 1. The number of amides is 1. The van der Waals surface area contributed by atoms with Gasteiger partial charge in [0, 0.05) is 11.6 Å². The summed E-state index contributed by atoms with van der Waals surface area (Å²) in [5.41, 5.74) is -0.291. The van der Waals surface area contributed by atoms with E-state index in [1.54, 1.807) is 39.8 Å². The van der Waals surface area contributed by atoms with Crippen LogP contribution in [0.4, 0.5) is 5.82 Å². The van der Waals surface area contributed by atoms with Crippen molar-refractivity contribution in [3.8, 4) is 0 Å². The standard InChI is InChI=1S/C13H18N2O3/c1-5-18-11(16)9-7-6-8-14-10(9)15-12(17)13(2,3)4/h6-8H,5H2,1-4H3,(H,14,15,17). The lowest BCUT2D eigenvalue weighted by Crippen LogP contribution is -2.29. The molecule has 0 bridgehead atoms. The molecule has 0 saturated carbocycles. The van der Waals surface area contributed by atoms with Gasteiger partial charge in [0.2, 0.25) is 5.91 Å². The summed E-state index contributed by atoms with van der Waals surface area (Å²) in [5.74, 6) is -0.461. The number of carbonyl (C=O) groups is 2. The summed E-state index contributed by atoms with van der Waals surface area (Å²) in [6.07, 6.45) is 1.51. The van der Waals surface area contributed by atoms with Gasteiger partial charge in [-0.2, -0.15) is 0 Å². The first kappa shape index (κ1) is 14.2. The first-order chi connectivity index (χ1) is 8.36. The quantitative estimate of drug-likeness (QED) is 0.835. The van der Waals surface area contributed by atoms with E-state index < -0.39 is 11.4 Å². The number of carbonyl (C=O) groups excluding carboxylic acids is 2. The Balaban J connectivity index is 2.96. The number of hydrogen-bond acceptors (Lipinski definition) is 4. The Morgan fingerprint density at radius 2 is 2.06 bits per heavy atom. The minimum atomic E-state index is -0.552. The number of nitrogens with zero attached hydrogens (tertiary/aromatic N) is 1. The van der Waals surface area contributed by atoms with E-state index in [2.05, 4.69) is 10.3 Å². The van der Waals surface area contributed by atoms with Gasteiger partial charge in [0.15, 0.2) is 0 Å². The molecular formula is C13H18N2O3. The van der Waals surface area contributed by atoms with Gasteiger partial charge in [-0.3, -0.25) is 4.79 Å². The molecule has 0 spiro atoms. The monoisotopic (exact) mass is 250 g/mol. The summed E-state index contributed by atoms with van der Waals surface area (Å²) in [4.78, 5) is 27.5. The van der Waals surface area contributed by atoms with Crippen molar-refractivity contribution in [2.75, 3.05) is 11.9 Å². The van der Waals surface area contributed by atoms with Gasteiger partial charge in [0.05, 0.1) is 6.61 Å². The predicted molar refractivity (Wildman–Crippen MR) is 68.3 cm³/mol. The van der Waals surface area contributed by atoms with Gasteiger partial charge in [0.25, 0.3) is 0 Å². The van der Waals surface area contributed by atoms with Gasteiger partial charge in [-0.1, -0.05) is 20.8 Å². The fourth-order valence-corrected chi connectivity index (χ4v) is 1.17. The van der Waals surface area contributed by atoms with Crippen LogP contribution in [0.2, 0.25) is 0 Å². The van der Waals surface area contributed by atoms with E-state index in [1.165, 1.54) is 6.20 Å². The molecule has 0 fully saturated rings. The van der Waals surface area contributed by atoms with Gasteiger partial charge in [-0.05, 0) is 19.1 Å². The lowest BCUT2D eigenvalue weighted by molar-refractivity contribution is -0.123. The van der Waals surface area contributed by atoms with Crippen molar-refractivity contribution in [1.82, 2.24) is 4.98 Å². The zero-order valence-electron chi connectivity index (χ0n) is 11.1. The van der Waals surface area contributed by atoms with Crippen LogP contribution < -0.4 is 5.32 Å². The highest BCUT2D eigenvalue weighted by molar-refractivity contribution is 6.01. The molecular weight excluding hydrogens is 232 g/mol. The normalized spacial score (nSPS) is 10.9. The summed E-state index contributed by atoms with van der Waals surface area (Å²) in [7, 11) is 0. The highest BCUT2D eigenvalue weighted by Gasteiger charge is 2.23. The first-order valence-corrected chi connectivity index (χ1v) is 5.80. The molecule has 1 aromatic rings. The topological polar surface area (TPSA) is 68.3 Å². The lowest BCUT2D eigenvalue weighted by atomic mass is 9.95. The molecule has 0 radical (unpaired) electrons. The molecule has 5 heteroatoms. The minimum Gasteiger partial charge on any atom is -0.462 e. The van der Waals surface area contributed by atoms with E-state index in [0.29, 0.717) is 0 Å². The smallest absolute Gasteiger partial charge is 0.341 e. The summed E-state index contributed by atoms with van der Waals surface area (Å²) in [6.45, 7) is 7.36. The molecule has 1 N–H and O–H groups in total. The van der Waals surface area contributed by atoms with Crippen LogP contribution in [0, 0.1) is 5.41 Å². The number of rotatable bonds is 3. The van der Waals surface area contributed by atoms with Gasteiger partial charge < -0.3 is 10.1 Å². The first-order valence-electron chi connectivity index (χ1n) is 5.80. The summed E-state index contributed by atoms with van der Waals surface area (Å²) in [5, 5.41) is 2.64. The molecule has 1 heterocycles. The number of hydrogen-bond donors (Lipinski definition) is 1. The molecule has 5 nitrogen and oxygen atoms in total. The van der Waals surface area contributed by atoms with Crippen molar-refractivity contribution in [2.45, 2.75) is 27.7 Å². The van der Waals surface area contributed by atoms with Crippen molar-refractivity contribution in [3.63, 3.8) is 0 Å². The van der Waals surface area contributed by atoms with Crippen molar-refractivity contribution in [2.24, 2.45) is 5.41 Å². The molecule has 0 unspecified atom stereocenters. The van der Waals surface area contributed by atoms with E-state index in [4.69, 9.17) is 4.74 Å². The molecule has 0 saturated heterocycles. The van der Waals surface area contributed by atoms with Crippen LogP contribution in [-0.4, -0.2) is 23.5 Å². The SMILES string of the molecule is CCOC(=O)c1cccnc1NC(=O)C(C)(C)C. The molecule has 0 atom stereocenters. The van der Waals surface area contributed by atoms with Gasteiger partial charge >= 0.3 is 5.97 Å². The predicted octanol–water partition coefficient (Wildman–Crippen LogP) is 2.24. The Kier molecular flexibility index (Phi) is 4.42. The Morgan fingerprint density at radius 1 is 1.39 bits per heavy atom. The van der Waals surface area contributed by atoms with Crippen molar-refractivity contribution in [3.05, 3.63) is 23.9 Å². The van der Waals surface area contributed by atoms with Gasteiger partial charge in [-0.25, -0.2) is 9.78 Å². The number of pyridine rings is 1. The molecule has 1 rings (SSSR count). The van der Waals surface area contributed by atoms with Crippen LogP contribution in [0.3, 0.4) is 0 Å². The molecule has 0 aliphatic carbocycles. The number of aromatic nitrogens is 1. The molecule has 18 heavy (non-hydrogen) atoms. The Bertz CT molecular complexity index is 450. The Morgan fingerprint density at radius 3 is 2.61 bits per heavy atom. The minimum absolute atomic E-state index is 0.202. The average molecular weight is 250 g/mol. The largest absolute Gasteiger partial charge is 0.462 e. The van der Waals surface area contributed by atoms with Crippen LogP contribution in [-0.2, 0) is 9.53 Å². The van der Waals surface area contributed by atoms with Crippen LogP contribution in [0.5, 0.6) is 0 Å². The summed E-state index contributed by atoms with van der Waals surface area (Å²) < 4.78 is 4.91. The third kappa shape index (κ3) is 3.55. The van der Waals surface area contributed by atoms with Crippen LogP contribution in [0.25, 0.3) is 0 Å². The van der Waals surface area contributed by atoms with Crippen LogP contribution >= 0.6 is 0 Å². The maximum atomic E-state index is 11.9. The summed E-state index contributed by atoms with van der Waals surface area (Å²) in [6, 6.07) is 3.20. The average Bonchev–Trinajstić information content (AvgIpc) is 2.28. The molecule has 98 valence electrons. The number of esters is 1. The van der Waals surface area contributed by atoms with E-state index in [0.717, 1.165) is 0 Å². The number of nitrogens with one attached hydrogen (secondary N) is 1. The highest BCUT2D eigenvalue weighted by Crippen LogP contribution is 2.19.